The number of hydrogen-bond donors (Lipinski definition) is 0. The van der Waals surface area contributed by atoms with Gasteiger partial charge >= 0.3 is 6.18 Å². The van der Waals surface area contributed by atoms with E-state index in [2.05, 4.69) is 10.00 Å². The summed E-state index contributed by atoms with van der Waals surface area (Å²) in [6.07, 6.45) is -2.84. The van der Waals surface area contributed by atoms with E-state index in [1.165, 1.54) is 4.68 Å². The van der Waals surface area contributed by atoms with Crippen molar-refractivity contribution in [1.29, 1.82) is 0 Å². The van der Waals surface area contributed by atoms with E-state index >= 15 is 0 Å². The van der Waals surface area contributed by atoms with Crippen molar-refractivity contribution in [1.82, 2.24) is 19.6 Å². The van der Waals surface area contributed by atoms with Crippen molar-refractivity contribution in [2.75, 3.05) is 26.2 Å². The minimum Gasteiger partial charge on any atom is -0.338 e. The second-order valence-electron chi connectivity index (χ2n) is 8.04. The van der Waals surface area contributed by atoms with Gasteiger partial charge in [0.1, 0.15) is 6.04 Å². The molecule has 1 amide bonds. The minimum absolute atomic E-state index is 0.0660. The molecule has 1 saturated carbocycles. The maximum absolute atomic E-state index is 13.1. The highest BCUT2D eigenvalue weighted by molar-refractivity contribution is 6.31. The molecule has 2 fully saturated rings. The quantitative estimate of drug-likeness (QED) is 0.694. The van der Waals surface area contributed by atoms with E-state index in [1.807, 2.05) is 24.3 Å². The first-order chi connectivity index (χ1) is 14.2. The van der Waals surface area contributed by atoms with E-state index in [1.54, 1.807) is 11.8 Å². The van der Waals surface area contributed by atoms with Gasteiger partial charge in [-0.1, -0.05) is 29.8 Å². The highest BCUT2D eigenvalue weighted by Crippen LogP contribution is 2.43. The Morgan fingerprint density at radius 1 is 1.20 bits per heavy atom. The molecule has 0 N–H and O–H groups in total. The Kier molecular flexibility index (Phi) is 5.81. The summed E-state index contributed by atoms with van der Waals surface area (Å²) in [5.74, 6) is -0.123. The lowest BCUT2D eigenvalue weighted by molar-refractivity contribution is -0.143. The number of carbonyl (C=O) groups excluding carboxylic acids is 1. The summed E-state index contributed by atoms with van der Waals surface area (Å²) in [6.45, 7) is 4.77. The Labute approximate surface area is 178 Å². The summed E-state index contributed by atoms with van der Waals surface area (Å²) < 4.78 is 40.7. The zero-order chi connectivity index (χ0) is 21.5. The molecule has 162 valence electrons. The topological polar surface area (TPSA) is 41.4 Å². The van der Waals surface area contributed by atoms with Crippen LogP contribution in [0, 0.1) is 0 Å². The summed E-state index contributed by atoms with van der Waals surface area (Å²) in [5, 5.41) is 4.48. The summed E-state index contributed by atoms with van der Waals surface area (Å²) in [7, 11) is 0. The fourth-order valence-electron chi connectivity index (χ4n) is 3.90. The van der Waals surface area contributed by atoms with Gasteiger partial charge in [0.05, 0.1) is 0 Å². The monoisotopic (exact) mass is 440 g/mol. The van der Waals surface area contributed by atoms with E-state index in [0.29, 0.717) is 38.4 Å². The molecule has 30 heavy (non-hydrogen) atoms. The van der Waals surface area contributed by atoms with Gasteiger partial charge in [0.2, 0.25) is 5.91 Å². The molecule has 9 heteroatoms. The largest absolute Gasteiger partial charge is 0.435 e. The van der Waals surface area contributed by atoms with Crippen molar-refractivity contribution in [2.45, 2.75) is 44.4 Å². The number of alkyl halides is 3. The van der Waals surface area contributed by atoms with Gasteiger partial charge in [-0.15, -0.1) is 0 Å². The SMILES string of the molecule is CC(C(=O)N1CCN(Cc2ccccc2Cl)CC1)n1nc(C(F)(F)F)cc1C1CC1. The number of hydrogen-bond acceptors (Lipinski definition) is 3. The number of halogens is 4. The standard InChI is InChI=1S/C21H24ClF3N4O/c1-14(29-18(15-6-7-15)12-19(26-29)21(23,24)25)20(30)28-10-8-27(9-11-28)13-16-4-2-3-5-17(16)22/h2-5,12,14-15H,6-11,13H2,1H3. The van der Waals surface area contributed by atoms with Crippen molar-refractivity contribution in [2.24, 2.45) is 0 Å². The first-order valence-electron chi connectivity index (χ1n) is 10.1. The molecule has 1 aliphatic carbocycles. The molecular weight excluding hydrogens is 417 g/mol. The maximum atomic E-state index is 13.1. The van der Waals surface area contributed by atoms with Crippen LogP contribution in [-0.2, 0) is 17.5 Å². The van der Waals surface area contributed by atoms with Crippen LogP contribution in [0.3, 0.4) is 0 Å². The van der Waals surface area contributed by atoms with Crippen molar-refractivity contribution in [3.8, 4) is 0 Å². The van der Waals surface area contributed by atoms with Crippen LogP contribution in [0.1, 0.15) is 48.7 Å². The number of rotatable bonds is 5. The highest BCUT2D eigenvalue weighted by Gasteiger charge is 2.39. The Hall–Kier alpha value is -2.06. The highest BCUT2D eigenvalue weighted by atomic mass is 35.5. The Morgan fingerprint density at radius 2 is 1.87 bits per heavy atom. The summed E-state index contributed by atoms with van der Waals surface area (Å²) in [5.41, 5.74) is 0.631. The lowest BCUT2D eigenvalue weighted by Gasteiger charge is -2.36. The number of benzene rings is 1. The molecule has 2 aromatic rings. The molecule has 1 saturated heterocycles. The molecule has 1 unspecified atom stereocenters. The molecule has 1 aromatic carbocycles. The van der Waals surface area contributed by atoms with Gasteiger partial charge in [0.15, 0.2) is 5.69 Å². The lowest BCUT2D eigenvalue weighted by atomic mass is 10.2. The fraction of sp³-hybridized carbons (Fsp3) is 0.524. The normalized spacial score (nSPS) is 19.2. The van der Waals surface area contributed by atoms with Gasteiger partial charge in [0, 0.05) is 49.4 Å². The average molecular weight is 441 g/mol. The Bertz CT molecular complexity index is 917. The molecule has 1 aliphatic heterocycles. The second-order valence-corrected chi connectivity index (χ2v) is 8.45. The van der Waals surface area contributed by atoms with Gasteiger partial charge in [0.25, 0.3) is 0 Å². The molecule has 0 radical (unpaired) electrons. The van der Waals surface area contributed by atoms with E-state index in [9.17, 15) is 18.0 Å². The van der Waals surface area contributed by atoms with Gasteiger partial charge in [-0.05, 0) is 37.5 Å². The van der Waals surface area contributed by atoms with Crippen LogP contribution in [0.5, 0.6) is 0 Å². The molecule has 0 spiro atoms. The zero-order valence-electron chi connectivity index (χ0n) is 16.7. The van der Waals surface area contributed by atoms with E-state index in [4.69, 9.17) is 11.6 Å². The van der Waals surface area contributed by atoms with Gasteiger partial charge < -0.3 is 4.90 Å². The number of amides is 1. The van der Waals surface area contributed by atoms with Crippen molar-refractivity contribution >= 4 is 17.5 Å². The van der Waals surface area contributed by atoms with Crippen LogP contribution in [0.4, 0.5) is 13.2 Å². The molecule has 0 bridgehead atoms. The van der Waals surface area contributed by atoms with Crippen LogP contribution < -0.4 is 0 Å². The Morgan fingerprint density at radius 3 is 2.47 bits per heavy atom. The zero-order valence-corrected chi connectivity index (χ0v) is 17.5. The molecule has 4 rings (SSSR count). The first kappa shape index (κ1) is 21.2. The Balaban J connectivity index is 1.41. The number of nitrogens with zero attached hydrogens (tertiary/aromatic N) is 4. The van der Waals surface area contributed by atoms with Crippen LogP contribution >= 0.6 is 11.6 Å². The van der Waals surface area contributed by atoms with Crippen molar-refractivity contribution in [3.05, 3.63) is 52.3 Å². The summed E-state index contributed by atoms with van der Waals surface area (Å²) >= 11 is 6.23. The van der Waals surface area contributed by atoms with Crippen LogP contribution in [0.2, 0.25) is 5.02 Å². The van der Waals surface area contributed by atoms with Crippen molar-refractivity contribution < 1.29 is 18.0 Å². The molecule has 1 aromatic heterocycles. The molecular formula is C21H24ClF3N4O. The predicted octanol–water partition coefficient (Wildman–Crippen LogP) is 4.34. The van der Waals surface area contributed by atoms with E-state index in [0.717, 1.165) is 29.5 Å². The third kappa shape index (κ3) is 4.49. The maximum Gasteiger partial charge on any atom is 0.435 e. The third-order valence-electron chi connectivity index (χ3n) is 5.81. The summed E-state index contributed by atoms with van der Waals surface area (Å²) in [6, 6.07) is 8.01. The predicted molar refractivity (Wildman–Crippen MR) is 107 cm³/mol. The molecule has 5 nitrogen and oxygen atoms in total. The van der Waals surface area contributed by atoms with Crippen molar-refractivity contribution in [3.63, 3.8) is 0 Å². The third-order valence-corrected chi connectivity index (χ3v) is 6.18. The second kappa shape index (κ2) is 8.23. The van der Waals surface area contributed by atoms with E-state index in [-0.39, 0.29) is 11.8 Å². The number of carbonyl (C=O) groups is 1. The molecule has 2 heterocycles. The van der Waals surface area contributed by atoms with Crippen LogP contribution in [0.25, 0.3) is 0 Å². The van der Waals surface area contributed by atoms with Gasteiger partial charge in [-0.3, -0.25) is 14.4 Å². The van der Waals surface area contributed by atoms with Gasteiger partial charge in [-0.25, -0.2) is 0 Å². The molecule has 2 aliphatic rings. The average Bonchev–Trinajstić information content (AvgIpc) is 3.46. The smallest absolute Gasteiger partial charge is 0.338 e. The molecule has 1 atom stereocenters. The summed E-state index contributed by atoms with van der Waals surface area (Å²) in [4.78, 5) is 17.0. The fourth-order valence-corrected chi connectivity index (χ4v) is 4.10. The van der Waals surface area contributed by atoms with Gasteiger partial charge in [-0.2, -0.15) is 18.3 Å². The number of piperazine rings is 1. The van der Waals surface area contributed by atoms with Crippen LogP contribution in [-0.4, -0.2) is 51.7 Å². The van der Waals surface area contributed by atoms with Crippen LogP contribution in [0.15, 0.2) is 30.3 Å². The van der Waals surface area contributed by atoms with E-state index < -0.39 is 17.9 Å². The minimum atomic E-state index is -4.51. The number of aromatic nitrogens is 2. The lowest BCUT2D eigenvalue weighted by Crippen LogP contribution is -2.50. The first-order valence-corrected chi connectivity index (χ1v) is 10.5.